The summed E-state index contributed by atoms with van der Waals surface area (Å²) in [5.74, 6) is -0.0338. The molecule has 19 heteroatoms. The summed E-state index contributed by atoms with van der Waals surface area (Å²) in [6.07, 6.45) is 47.0. The zero-order valence-electron chi connectivity index (χ0n) is 57.4. The number of rotatable bonds is 66. The van der Waals surface area contributed by atoms with Crippen LogP contribution < -0.4 is 0 Å². The second-order valence-corrected chi connectivity index (χ2v) is 28.9. The highest BCUT2D eigenvalue weighted by Gasteiger charge is 2.30. The average molecular weight is 1310 g/mol. The number of hydrogen-bond acceptors (Lipinski definition) is 15. The van der Waals surface area contributed by atoms with Crippen LogP contribution in [0.15, 0.2) is 24.3 Å². The van der Waals surface area contributed by atoms with E-state index in [9.17, 15) is 43.2 Å². The predicted octanol–water partition coefficient (Wildman–Crippen LogP) is 19.4. The van der Waals surface area contributed by atoms with Crippen LogP contribution in [-0.4, -0.2) is 96.7 Å². The molecule has 0 saturated carbocycles. The summed E-state index contributed by atoms with van der Waals surface area (Å²) in [5, 5.41) is 10.6. The first-order valence-electron chi connectivity index (χ1n) is 35.7. The molecule has 0 radical (unpaired) electrons. The Hall–Kier alpha value is -2.46. The van der Waals surface area contributed by atoms with Crippen LogP contribution in [0.5, 0.6) is 0 Å². The molecular formula is C70H132O17P2. The van der Waals surface area contributed by atoms with E-state index in [-0.39, 0.29) is 25.7 Å². The first kappa shape index (κ1) is 86.5. The van der Waals surface area contributed by atoms with Crippen molar-refractivity contribution in [2.75, 3.05) is 39.6 Å². The molecule has 0 aromatic carbocycles. The first-order valence-corrected chi connectivity index (χ1v) is 38.7. The zero-order chi connectivity index (χ0) is 65.9. The number of aliphatic hydroxyl groups is 1. The standard InChI is InChI=1S/C70H132O17P2/c1-8-9-10-11-12-13-14-15-16-19-22-25-28-37-44-51-67(72)80-57-65(86-69(74)53-46-39-29-26-23-20-17-18-21-24-27-34-41-48-61(2)3)59-84-88(76,77)82-55-64(71)56-83-89(78,79)85-60-66(87-70(75)54-47-40-33-31-36-43-50-63(6)7)58-81-68(73)52-45-38-32-30-35-42-49-62(4)5/h13-16,61-66,71H,8-12,17-60H2,1-7H3,(H,76,77)(H,78,79)/b14-13-,16-15-/t64-,65-,66-/m1/s1. The van der Waals surface area contributed by atoms with E-state index < -0.39 is 97.5 Å². The predicted molar refractivity (Wildman–Crippen MR) is 358 cm³/mol. The van der Waals surface area contributed by atoms with Gasteiger partial charge in [0.2, 0.25) is 0 Å². The molecular weight excluding hydrogens is 1170 g/mol. The minimum atomic E-state index is -4.96. The fourth-order valence-electron chi connectivity index (χ4n) is 10.0. The number of phosphoric ester groups is 2. The van der Waals surface area contributed by atoms with E-state index in [1.54, 1.807) is 0 Å². The van der Waals surface area contributed by atoms with Gasteiger partial charge >= 0.3 is 39.5 Å². The maximum Gasteiger partial charge on any atom is 0.472 e. The van der Waals surface area contributed by atoms with Crippen LogP contribution in [0, 0.1) is 17.8 Å². The van der Waals surface area contributed by atoms with Crippen molar-refractivity contribution in [3.63, 3.8) is 0 Å². The average Bonchev–Trinajstić information content (AvgIpc) is 3.65. The summed E-state index contributed by atoms with van der Waals surface area (Å²) in [6, 6.07) is 0. The van der Waals surface area contributed by atoms with E-state index in [0.717, 1.165) is 121 Å². The van der Waals surface area contributed by atoms with Crippen LogP contribution in [0.2, 0.25) is 0 Å². The fraction of sp³-hybridized carbons (Fsp3) is 0.886. The number of carbonyl (C=O) groups excluding carboxylic acids is 4. The third-order valence-corrected chi connectivity index (χ3v) is 17.4. The second-order valence-electron chi connectivity index (χ2n) is 26.0. The molecule has 0 aliphatic carbocycles. The van der Waals surface area contributed by atoms with Gasteiger partial charge in [-0.3, -0.25) is 37.3 Å². The SMILES string of the molecule is CCCCCC/C=C\C=C/CCCCCCCC(=O)OC[C@H](COP(=O)(O)OC[C@@H](O)COP(=O)(O)OC[C@@H](COC(=O)CCCCCCCCC(C)C)OC(=O)CCCCCCCCC(C)C)OC(=O)CCCCCCCCCCCCCCCC(C)C. The van der Waals surface area contributed by atoms with Crippen LogP contribution in [0.3, 0.4) is 0 Å². The molecule has 0 aromatic rings. The van der Waals surface area contributed by atoms with Crippen LogP contribution in [0.1, 0.15) is 325 Å². The van der Waals surface area contributed by atoms with E-state index in [4.69, 9.17) is 37.0 Å². The van der Waals surface area contributed by atoms with Gasteiger partial charge in [-0.15, -0.1) is 0 Å². The Morgan fingerprint density at radius 1 is 0.348 bits per heavy atom. The van der Waals surface area contributed by atoms with Gasteiger partial charge in [-0.2, -0.15) is 0 Å². The van der Waals surface area contributed by atoms with Gasteiger partial charge < -0.3 is 33.8 Å². The summed E-state index contributed by atoms with van der Waals surface area (Å²) in [6.45, 7) is 11.6. The van der Waals surface area contributed by atoms with Gasteiger partial charge in [0, 0.05) is 25.7 Å². The molecule has 2 unspecified atom stereocenters. The quantitative estimate of drug-likeness (QED) is 0.0169. The molecule has 5 atom stereocenters. The first-order chi connectivity index (χ1) is 42.7. The van der Waals surface area contributed by atoms with Crippen molar-refractivity contribution in [3.8, 4) is 0 Å². The molecule has 89 heavy (non-hydrogen) atoms. The fourth-order valence-corrected chi connectivity index (χ4v) is 11.6. The summed E-state index contributed by atoms with van der Waals surface area (Å²) in [4.78, 5) is 72.4. The molecule has 0 fully saturated rings. The molecule has 0 aromatic heterocycles. The van der Waals surface area contributed by atoms with Gasteiger partial charge in [0.05, 0.1) is 26.4 Å². The Bertz CT molecular complexity index is 1840. The molecule has 0 bridgehead atoms. The smallest absolute Gasteiger partial charge is 0.462 e. The van der Waals surface area contributed by atoms with Crippen LogP contribution in [-0.2, 0) is 65.4 Å². The number of allylic oxidation sites excluding steroid dienone is 4. The van der Waals surface area contributed by atoms with Crippen molar-refractivity contribution in [2.45, 2.75) is 343 Å². The largest absolute Gasteiger partial charge is 0.472 e. The monoisotopic (exact) mass is 1310 g/mol. The van der Waals surface area contributed by atoms with Crippen LogP contribution in [0.25, 0.3) is 0 Å². The van der Waals surface area contributed by atoms with Crippen LogP contribution >= 0.6 is 15.6 Å². The van der Waals surface area contributed by atoms with Gasteiger partial charge in [-0.1, -0.05) is 272 Å². The molecule has 0 spiro atoms. The molecule has 524 valence electrons. The lowest BCUT2D eigenvalue weighted by Crippen LogP contribution is -2.30. The summed E-state index contributed by atoms with van der Waals surface area (Å²) >= 11 is 0. The Kier molecular flexibility index (Phi) is 58.8. The number of aliphatic hydroxyl groups excluding tert-OH is 1. The minimum Gasteiger partial charge on any atom is -0.462 e. The van der Waals surface area contributed by atoms with Crippen molar-refractivity contribution < 1.29 is 80.2 Å². The molecule has 0 aliphatic rings. The molecule has 17 nitrogen and oxygen atoms in total. The lowest BCUT2D eigenvalue weighted by Gasteiger charge is -2.21. The van der Waals surface area contributed by atoms with Crippen LogP contribution in [0.4, 0.5) is 0 Å². The Morgan fingerprint density at radius 2 is 0.607 bits per heavy atom. The van der Waals surface area contributed by atoms with E-state index in [1.807, 2.05) is 0 Å². The Labute approximate surface area is 542 Å². The maximum absolute atomic E-state index is 13.0. The van der Waals surface area contributed by atoms with Gasteiger partial charge in [0.15, 0.2) is 12.2 Å². The summed E-state index contributed by atoms with van der Waals surface area (Å²) in [5.41, 5.74) is 0. The summed E-state index contributed by atoms with van der Waals surface area (Å²) in [7, 11) is -9.91. The number of ether oxygens (including phenoxy) is 4. The van der Waals surface area contributed by atoms with Crippen molar-refractivity contribution in [1.29, 1.82) is 0 Å². The zero-order valence-corrected chi connectivity index (χ0v) is 59.2. The normalized spacial score (nSPS) is 14.4. The maximum atomic E-state index is 13.0. The lowest BCUT2D eigenvalue weighted by atomic mass is 10.0. The number of unbranched alkanes of at least 4 members (excludes halogenated alkanes) is 31. The third-order valence-electron chi connectivity index (χ3n) is 15.5. The molecule has 0 rings (SSSR count). The van der Waals surface area contributed by atoms with Crippen molar-refractivity contribution >= 4 is 39.5 Å². The van der Waals surface area contributed by atoms with E-state index >= 15 is 0 Å². The number of carbonyl (C=O) groups is 4. The summed E-state index contributed by atoms with van der Waals surface area (Å²) < 4.78 is 68.1. The number of esters is 4. The van der Waals surface area contributed by atoms with E-state index in [0.29, 0.717) is 37.5 Å². The number of hydrogen-bond donors (Lipinski definition) is 3. The van der Waals surface area contributed by atoms with Gasteiger partial charge in [0.1, 0.15) is 19.3 Å². The van der Waals surface area contributed by atoms with Gasteiger partial charge in [0.25, 0.3) is 0 Å². The highest BCUT2D eigenvalue weighted by molar-refractivity contribution is 7.47. The third kappa shape index (κ3) is 64.1. The second kappa shape index (κ2) is 60.5. The van der Waals surface area contributed by atoms with Crippen molar-refractivity contribution in [2.24, 2.45) is 17.8 Å². The molecule has 3 N–H and O–H groups in total. The Morgan fingerprint density at radius 3 is 0.910 bits per heavy atom. The highest BCUT2D eigenvalue weighted by atomic mass is 31.2. The number of phosphoric acid groups is 2. The molecule has 0 aliphatic heterocycles. The molecule has 0 amide bonds. The van der Waals surface area contributed by atoms with E-state index in [2.05, 4.69) is 72.8 Å². The molecule has 0 saturated heterocycles. The van der Waals surface area contributed by atoms with Crippen molar-refractivity contribution in [1.82, 2.24) is 0 Å². The van der Waals surface area contributed by atoms with E-state index in [1.165, 1.54) is 109 Å². The van der Waals surface area contributed by atoms with Crippen molar-refractivity contribution in [3.05, 3.63) is 24.3 Å². The minimum absolute atomic E-state index is 0.0984. The topological polar surface area (TPSA) is 237 Å². The Balaban J connectivity index is 5.26. The highest BCUT2D eigenvalue weighted by Crippen LogP contribution is 2.45. The lowest BCUT2D eigenvalue weighted by molar-refractivity contribution is -0.161. The van der Waals surface area contributed by atoms with Gasteiger partial charge in [-0.05, 0) is 69.1 Å². The molecule has 0 heterocycles. The van der Waals surface area contributed by atoms with Gasteiger partial charge in [-0.25, -0.2) is 9.13 Å².